The van der Waals surface area contributed by atoms with Gasteiger partial charge in [0.25, 0.3) is 0 Å². The highest BCUT2D eigenvalue weighted by molar-refractivity contribution is 7.16. The van der Waals surface area contributed by atoms with Gasteiger partial charge in [-0.15, -0.1) is 11.3 Å². The van der Waals surface area contributed by atoms with Gasteiger partial charge in [-0.3, -0.25) is 0 Å². The molecule has 0 amide bonds. The van der Waals surface area contributed by atoms with Crippen LogP contribution >= 0.6 is 11.3 Å². The molecule has 1 aromatic rings. The molecule has 0 spiro atoms. The van der Waals surface area contributed by atoms with Crippen molar-refractivity contribution < 1.29 is 0 Å². The van der Waals surface area contributed by atoms with Gasteiger partial charge in [-0.25, -0.2) is 4.99 Å². The Balaban J connectivity index is 1.80. The summed E-state index contributed by atoms with van der Waals surface area (Å²) >= 11 is 1.79. The first-order chi connectivity index (χ1) is 12.5. The first kappa shape index (κ1) is 19.1. The number of allylic oxidation sites excluding steroid dienone is 2. The highest BCUT2D eigenvalue weighted by Crippen LogP contribution is 2.29. The van der Waals surface area contributed by atoms with E-state index >= 15 is 0 Å². The maximum absolute atomic E-state index is 5.07. The maximum atomic E-state index is 5.07. The van der Waals surface area contributed by atoms with Gasteiger partial charge in [0.15, 0.2) is 0 Å². The van der Waals surface area contributed by atoms with Crippen LogP contribution in [0.4, 0.5) is 5.00 Å². The molecule has 0 radical (unpaired) electrons. The number of anilines is 1. The van der Waals surface area contributed by atoms with Crippen molar-refractivity contribution in [2.45, 2.75) is 20.3 Å². The Morgan fingerprint density at radius 1 is 1.27 bits per heavy atom. The number of amidine groups is 1. The predicted octanol–water partition coefficient (Wildman–Crippen LogP) is 3.14. The van der Waals surface area contributed by atoms with Crippen LogP contribution in [0.5, 0.6) is 0 Å². The Kier molecular flexibility index (Phi) is 6.51. The van der Waals surface area contributed by atoms with Crippen LogP contribution in [0.3, 0.4) is 0 Å². The summed E-state index contributed by atoms with van der Waals surface area (Å²) in [7, 11) is 4.20. The van der Waals surface area contributed by atoms with Crippen LogP contribution in [-0.2, 0) is 0 Å². The standard InChI is InChI=1S/C20H31N5S/c1-15-5-8-20(26-15)23-18-7-6-17(14-21-3)13-19(18)22-16(2)25-11-9-24(4)10-12-25/h5-8,17,21,23H,9-14H2,1-4H3. The molecule has 0 saturated carbocycles. The molecule has 1 aromatic heterocycles. The number of likely N-dealkylation sites (N-methyl/N-ethyl adjacent to an activating group) is 1. The number of aliphatic imine (C=N–C) groups is 1. The molecule has 1 atom stereocenters. The van der Waals surface area contributed by atoms with Crippen LogP contribution in [0.25, 0.3) is 0 Å². The summed E-state index contributed by atoms with van der Waals surface area (Å²) in [6.45, 7) is 9.59. The molecule has 2 aliphatic rings. The van der Waals surface area contributed by atoms with E-state index in [9.17, 15) is 0 Å². The van der Waals surface area contributed by atoms with E-state index in [1.165, 1.54) is 9.88 Å². The average molecular weight is 374 g/mol. The van der Waals surface area contributed by atoms with Gasteiger partial charge in [-0.05, 0) is 58.5 Å². The molecule has 0 bridgehead atoms. The lowest BCUT2D eigenvalue weighted by Gasteiger charge is -2.34. The number of rotatable bonds is 5. The Labute approximate surface area is 161 Å². The summed E-state index contributed by atoms with van der Waals surface area (Å²) in [5.41, 5.74) is 2.29. The largest absolute Gasteiger partial charge is 0.358 e. The lowest BCUT2D eigenvalue weighted by atomic mass is 9.96. The Morgan fingerprint density at radius 3 is 2.69 bits per heavy atom. The predicted molar refractivity (Wildman–Crippen MR) is 113 cm³/mol. The van der Waals surface area contributed by atoms with E-state index in [0.717, 1.165) is 56.4 Å². The first-order valence-corrected chi connectivity index (χ1v) is 10.2. The van der Waals surface area contributed by atoms with Gasteiger partial charge < -0.3 is 20.4 Å². The molecule has 1 fully saturated rings. The fraction of sp³-hybridized carbons (Fsp3) is 0.550. The molecule has 2 N–H and O–H groups in total. The second kappa shape index (κ2) is 8.84. The summed E-state index contributed by atoms with van der Waals surface area (Å²) in [6.07, 6.45) is 5.47. The maximum Gasteiger partial charge on any atom is 0.101 e. The summed E-state index contributed by atoms with van der Waals surface area (Å²) in [4.78, 5) is 11.2. The van der Waals surface area contributed by atoms with Crippen LogP contribution in [-0.4, -0.2) is 62.5 Å². The fourth-order valence-corrected chi connectivity index (χ4v) is 4.19. The summed E-state index contributed by atoms with van der Waals surface area (Å²) in [5.74, 6) is 1.63. The average Bonchev–Trinajstić information content (AvgIpc) is 3.03. The van der Waals surface area contributed by atoms with E-state index in [1.807, 2.05) is 7.05 Å². The Morgan fingerprint density at radius 2 is 2.04 bits per heavy atom. The van der Waals surface area contributed by atoms with Crippen LogP contribution in [0, 0.1) is 12.8 Å². The lowest BCUT2D eigenvalue weighted by Crippen LogP contribution is -2.46. The molecule has 1 unspecified atom stereocenters. The summed E-state index contributed by atoms with van der Waals surface area (Å²) < 4.78 is 0. The second-order valence-electron chi connectivity index (χ2n) is 7.23. The first-order valence-electron chi connectivity index (χ1n) is 9.43. The van der Waals surface area contributed by atoms with Crippen molar-refractivity contribution in [2.24, 2.45) is 10.9 Å². The third-order valence-electron chi connectivity index (χ3n) is 5.02. The number of hydrogen-bond donors (Lipinski definition) is 2. The molecule has 1 aliphatic heterocycles. The van der Waals surface area contributed by atoms with Crippen molar-refractivity contribution in [3.05, 3.63) is 40.6 Å². The van der Waals surface area contributed by atoms with E-state index in [1.54, 1.807) is 11.3 Å². The highest BCUT2D eigenvalue weighted by atomic mass is 32.1. The van der Waals surface area contributed by atoms with Crippen molar-refractivity contribution in [1.82, 2.24) is 15.1 Å². The molecule has 1 saturated heterocycles. The molecule has 5 nitrogen and oxygen atoms in total. The number of piperazine rings is 1. The van der Waals surface area contributed by atoms with Crippen molar-refractivity contribution in [2.75, 3.05) is 52.1 Å². The quantitative estimate of drug-likeness (QED) is 0.615. The number of hydrogen-bond acceptors (Lipinski definition) is 5. The lowest BCUT2D eigenvalue weighted by molar-refractivity contribution is 0.214. The van der Waals surface area contributed by atoms with Crippen LogP contribution in [0.15, 0.2) is 40.7 Å². The molecular weight excluding hydrogens is 342 g/mol. The van der Waals surface area contributed by atoms with E-state index in [2.05, 4.69) is 65.6 Å². The van der Waals surface area contributed by atoms with Crippen LogP contribution in [0.2, 0.25) is 0 Å². The highest BCUT2D eigenvalue weighted by Gasteiger charge is 2.19. The van der Waals surface area contributed by atoms with Gasteiger partial charge in [-0.2, -0.15) is 0 Å². The third kappa shape index (κ3) is 4.96. The van der Waals surface area contributed by atoms with Crippen LogP contribution < -0.4 is 10.6 Å². The van der Waals surface area contributed by atoms with Crippen molar-refractivity contribution in [1.29, 1.82) is 0 Å². The fourth-order valence-electron chi connectivity index (χ4n) is 3.41. The Hall–Kier alpha value is -1.63. The van der Waals surface area contributed by atoms with E-state index in [-0.39, 0.29) is 0 Å². The minimum Gasteiger partial charge on any atom is -0.358 e. The molecule has 0 aromatic carbocycles. The van der Waals surface area contributed by atoms with Crippen molar-refractivity contribution in [3.8, 4) is 0 Å². The molecule has 142 valence electrons. The number of nitrogens with zero attached hydrogens (tertiary/aromatic N) is 3. The SMILES string of the molecule is CNCC1C=CC(Nc2ccc(C)s2)=C(N=C(C)N2CCN(C)CC2)C1. The number of nitrogens with one attached hydrogen (secondary N) is 2. The number of thiophene rings is 1. The zero-order valence-corrected chi connectivity index (χ0v) is 17.2. The van der Waals surface area contributed by atoms with E-state index in [0.29, 0.717) is 5.92 Å². The smallest absolute Gasteiger partial charge is 0.101 e. The normalized spacial score (nSPS) is 22.2. The Bertz CT molecular complexity index is 695. The van der Waals surface area contributed by atoms with Gasteiger partial charge in [0.05, 0.1) is 16.4 Å². The molecule has 6 heteroatoms. The molecular formula is C20H31N5S. The minimum atomic E-state index is 0.495. The van der Waals surface area contributed by atoms with Crippen molar-refractivity contribution in [3.63, 3.8) is 0 Å². The molecule has 2 heterocycles. The van der Waals surface area contributed by atoms with E-state index < -0.39 is 0 Å². The monoisotopic (exact) mass is 373 g/mol. The van der Waals surface area contributed by atoms with Crippen molar-refractivity contribution >= 4 is 22.2 Å². The molecule has 3 rings (SSSR count). The van der Waals surface area contributed by atoms with Gasteiger partial charge in [0.1, 0.15) is 5.84 Å². The van der Waals surface area contributed by atoms with Crippen LogP contribution in [0.1, 0.15) is 18.2 Å². The number of aryl methyl sites for hydroxylation is 1. The van der Waals surface area contributed by atoms with E-state index in [4.69, 9.17) is 4.99 Å². The zero-order valence-electron chi connectivity index (χ0n) is 16.4. The van der Waals surface area contributed by atoms with Gasteiger partial charge in [-0.1, -0.05) is 6.08 Å². The van der Waals surface area contributed by atoms with Gasteiger partial charge in [0, 0.05) is 37.6 Å². The second-order valence-corrected chi connectivity index (χ2v) is 8.51. The molecule has 1 aliphatic carbocycles. The topological polar surface area (TPSA) is 42.9 Å². The van der Waals surface area contributed by atoms with Gasteiger partial charge >= 0.3 is 0 Å². The van der Waals surface area contributed by atoms with Gasteiger partial charge in [0.2, 0.25) is 0 Å². The molecule has 26 heavy (non-hydrogen) atoms. The minimum absolute atomic E-state index is 0.495. The summed E-state index contributed by atoms with van der Waals surface area (Å²) in [6, 6.07) is 4.30. The summed E-state index contributed by atoms with van der Waals surface area (Å²) in [5, 5.41) is 8.06. The zero-order chi connectivity index (χ0) is 18.5. The third-order valence-corrected chi connectivity index (χ3v) is 5.94.